The molecule has 1 fully saturated rings. The van der Waals surface area contributed by atoms with Crippen LogP contribution in [0.15, 0.2) is 24.4 Å². The molecule has 1 aliphatic heterocycles. The number of piperazine rings is 1. The maximum absolute atomic E-state index is 5.89. The van der Waals surface area contributed by atoms with E-state index in [1.807, 2.05) is 0 Å². The number of benzene rings is 1. The molecular formula is C15H22N4. The number of hydrogen-bond acceptors (Lipinski definition) is 3. The van der Waals surface area contributed by atoms with Crippen molar-refractivity contribution in [2.75, 3.05) is 26.2 Å². The van der Waals surface area contributed by atoms with Gasteiger partial charge >= 0.3 is 0 Å². The third kappa shape index (κ3) is 2.39. The second kappa shape index (κ2) is 5.33. The van der Waals surface area contributed by atoms with Crippen molar-refractivity contribution in [1.82, 2.24) is 14.8 Å². The van der Waals surface area contributed by atoms with E-state index in [0.717, 1.165) is 32.7 Å². The van der Waals surface area contributed by atoms with Gasteiger partial charge in [0.05, 0.1) is 0 Å². The number of nitrogens with two attached hydrogens (primary N) is 1. The van der Waals surface area contributed by atoms with Crippen molar-refractivity contribution >= 4 is 10.9 Å². The first-order valence-electron chi connectivity index (χ1n) is 6.98. The zero-order chi connectivity index (χ0) is 13.2. The molecule has 1 aliphatic rings. The van der Waals surface area contributed by atoms with E-state index in [1.54, 1.807) is 0 Å². The molecule has 0 aliphatic carbocycles. The summed E-state index contributed by atoms with van der Waals surface area (Å²) in [5, 5.41) is 4.75. The number of nitrogens with one attached hydrogen (secondary N) is 1. The fraction of sp³-hybridized carbons (Fsp3) is 0.467. The molecule has 1 aromatic heterocycles. The minimum absolute atomic E-state index is 0.607. The van der Waals surface area contributed by atoms with Gasteiger partial charge in [0, 0.05) is 63.4 Å². The first-order valence-corrected chi connectivity index (χ1v) is 6.98. The molecule has 0 spiro atoms. The van der Waals surface area contributed by atoms with Gasteiger partial charge in [-0.2, -0.15) is 0 Å². The van der Waals surface area contributed by atoms with Crippen LogP contribution in [-0.4, -0.2) is 35.6 Å². The molecule has 1 aromatic carbocycles. The Labute approximate surface area is 114 Å². The molecule has 3 rings (SSSR count). The van der Waals surface area contributed by atoms with Gasteiger partial charge in [-0.3, -0.25) is 4.90 Å². The van der Waals surface area contributed by atoms with Gasteiger partial charge < -0.3 is 15.6 Å². The Balaban J connectivity index is 1.98. The molecule has 4 nitrogen and oxygen atoms in total. The van der Waals surface area contributed by atoms with Gasteiger partial charge in [-0.1, -0.05) is 12.1 Å². The lowest BCUT2D eigenvalue weighted by Crippen LogP contribution is -2.42. The Morgan fingerprint density at radius 3 is 2.74 bits per heavy atom. The number of aromatic nitrogens is 1. The minimum atomic E-state index is 0.607. The summed E-state index contributed by atoms with van der Waals surface area (Å²) < 4.78 is 2.21. The molecule has 0 amide bonds. The van der Waals surface area contributed by atoms with Crippen molar-refractivity contribution in [2.24, 2.45) is 12.8 Å². The van der Waals surface area contributed by atoms with Gasteiger partial charge in [-0.25, -0.2) is 0 Å². The van der Waals surface area contributed by atoms with E-state index in [0.29, 0.717) is 6.54 Å². The van der Waals surface area contributed by atoms with Gasteiger partial charge in [0.2, 0.25) is 0 Å². The SMILES string of the molecule is Cn1cc(CN2CCNCC2)c2c(CN)cccc21. The summed E-state index contributed by atoms with van der Waals surface area (Å²) in [7, 11) is 2.11. The maximum Gasteiger partial charge on any atom is 0.0484 e. The Morgan fingerprint density at radius 2 is 2.00 bits per heavy atom. The number of aryl methyl sites for hydroxylation is 1. The van der Waals surface area contributed by atoms with Crippen LogP contribution in [0.5, 0.6) is 0 Å². The first kappa shape index (κ1) is 12.7. The van der Waals surface area contributed by atoms with Crippen LogP contribution < -0.4 is 11.1 Å². The third-order valence-corrected chi connectivity index (χ3v) is 4.00. The second-order valence-electron chi connectivity index (χ2n) is 5.31. The molecular weight excluding hydrogens is 236 g/mol. The van der Waals surface area contributed by atoms with Crippen molar-refractivity contribution < 1.29 is 0 Å². The molecule has 0 unspecified atom stereocenters. The van der Waals surface area contributed by atoms with Crippen LogP contribution >= 0.6 is 0 Å². The number of hydrogen-bond donors (Lipinski definition) is 2. The Kier molecular flexibility index (Phi) is 3.55. The van der Waals surface area contributed by atoms with Gasteiger partial charge in [-0.15, -0.1) is 0 Å². The topological polar surface area (TPSA) is 46.2 Å². The summed E-state index contributed by atoms with van der Waals surface area (Å²) in [4.78, 5) is 2.51. The highest BCUT2D eigenvalue weighted by Crippen LogP contribution is 2.25. The van der Waals surface area contributed by atoms with Crippen LogP contribution in [-0.2, 0) is 20.1 Å². The summed E-state index contributed by atoms with van der Waals surface area (Å²) in [6.07, 6.45) is 2.26. The van der Waals surface area contributed by atoms with E-state index in [9.17, 15) is 0 Å². The zero-order valence-electron chi connectivity index (χ0n) is 11.5. The smallest absolute Gasteiger partial charge is 0.0484 e. The van der Waals surface area contributed by atoms with Crippen LogP contribution in [0, 0.1) is 0 Å². The van der Waals surface area contributed by atoms with Crippen molar-refractivity contribution in [3.8, 4) is 0 Å². The molecule has 0 radical (unpaired) electrons. The minimum Gasteiger partial charge on any atom is -0.350 e. The number of rotatable bonds is 3. The molecule has 0 saturated carbocycles. The monoisotopic (exact) mass is 258 g/mol. The Bertz CT molecular complexity index is 567. The van der Waals surface area contributed by atoms with E-state index in [1.165, 1.54) is 22.0 Å². The summed E-state index contributed by atoms with van der Waals surface area (Å²) >= 11 is 0. The third-order valence-electron chi connectivity index (χ3n) is 4.00. The Morgan fingerprint density at radius 1 is 1.21 bits per heavy atom. The molecule has 1 saturated heterocycles. The van der Waals surface area contributed by atoms with Crippen LogP contribution in [0.25, 0.3) is 10.9 Å². The van der Waals surface area contributed by atoms with E-state index < -0.39 is 0 Å². The number of fused-ring (bicyclic) bond motifs is 1. The predicted molar refractivity (Wildman–Crippen MR) is 79.0 cm³/mol. The van der Waals surface area contributed by atoms with Crippen molar-refractivity contribution in [2.45, 2.75) is 13.1 Å². The van der Waals surface area contributed by atoms with Crippen LogP contribution in [0.3, 0.4) is 0 Å². The highest BCUT2D eigenvalue weighted by atomic mass is 15.2. The lowest BCUT2D eigenvalue weighted by molar-refractivity contribution is 0.234. The van der Waals surface area contributed by atoms with E-state index >= 15 is 0 Å². The van der Waals surface area contributed by atoms with Gasteiger partial charge in [-0.05, 0) is 17.2 Å². The summed E-state index contributed by atoms with van der Waals surface area (Å²) in [5.74, 6) is 0. The molecule has 3 N–H and O–H groups in total. The lowest BCUT2D eigenvalue weighted by atomic mass is 10.1. The number of nitrogens with zero attached hydrogens (tertiary/aromatic N) is 2. The standard InChI is InChI=1S/C15H22N4/c1-18-10-13(11-19-7-5-17-6-8-19)15-12(9-16)3-2-4-14(15)18/h2-4,10,17H,5-9,11,16H2,1H3. The second-order valence-corrected chi connectivity index (χ2v) is 5.31. The molecule has 2 aromatic rings. The first-order chi connectivity index (χ1) is 9.29. The molecule has 4 heteroatoms. The molecule has 0 bridgehead atoms. The average molecular weight is 258 g/mol. The fourth-order valence-corrected chi connectivity index (χ4v) is 3.02. The van der Waals surface area contributed by atoms with Crippen molar-refractivity contribution in [3.05, 3.63) is 35.5 Å². The summed E-state index contributed by atoms with van der Waals surface area (Å²) in [6, 6.07) is 6.42. The van der Waals surface area contributed by atoms with E-state index in [4.69, 9.17) is 5.73 Å². The van der Waals surface area contributed by atoms with Crippen LogP contribution in [0.1, 0.15) is 11.1 Å². The molecule has 2 heterocycles. The highest BCUT2D eigenvalue weighted by molar-refractivity contribution is 5.87. The zero-order valence-corrected chi connectivity index (χ0v) is 11.5. The fourth-order valence-electron chi connectivity index (χ4n) is 3.02. The largest absolute Gasteiger partial charge is 0.350 e. The van der Waals surface area contributed by atoms with Gasteiger partial charge in [0.15, 0.2) is 0 Å². The molecule has 19 heavy (non-hydrogen) atoms. The average Bonchev–Trinajstić information content (AvgIpc) is 2.77. The van der Waals surface area contributed by atoms with E-state index in [2.05, 4.69) is 46.2 Å². The molecule has 102 valence electrons. The van der Waals surface area contributed by atoms with Gasteiger partial charge in [0.1, 0.15) is 0 Å². The Hall–Kier alpha value is -1.36. The summed E-state index contributed by atoms with van der Waals surface area (Å²) in [6.45, 7) is 6.07. The van der Waals surface area contributed by atoms with Crippen molar-refractivity contribution in [1.29, 1.82) is 0 Å². The normalized spacial score (nSPS) is 17.2. The molecule has 0 atom stereocenters. The van der Waals surface area contributed by atoms with Crippen LogP contribution in [0.4, 0.5) is 0 Å². The highest BCUT2D eigenvalue weighted by Gasteiger charge is 2.15. The maximum atomic E-state index is 5.89. The van der Waals surface area contributed by atoms with Gasteiger partial charge in [0.25, 0.3) is 0 Å². The van der Waals surface area contributed by atoms with Crippen molar-refractivity contribution in [3.63, 3.8) is 0 Å². The van der Waals surface area contributed by atoms with E-state index in [-0.39, 0.29) is 0 Å². The predicted octanol–water partition coefficient (Wildman–Crippen LogP) is 1.04. The lowest BCUT2D eigenvalue weighted by Gasteiger charge is -2.27. The van der Waals surface area contributed by atoms with Crippen LogP contribution in [0.2, 0.25) is 0 Å². The quantitative estimate of drug-likeness (QED) is 0.865. The summed E-state index contributed by atoms with van der Waals surface area (Å²) in [5.41, 5.74) is 9.84.